The van der Waals surface area contributed by atoms with Gasteiger partial charge < -0.3 is 5.32 Å². The van der Waals surface area contributed by atoms with Crippen LogP contribution in [-0.4, -0.2) is 24.7 Å². The highest BCUT2D eigenvalue weighted by molar-refractivity contribution is 5.81. The first-order valence-electron chi connectivity index (χ1n) is 6.05. The van der Waals surface area contributed by atoms with Gasteiger partial charge in [-0.3, -0.25) is 10.1 Å². The molecule has 0 bridgehead atoms. The molecule has 0 aromatic heterocycles. The van der Waals surface area contributed by atoms with Crippen LogP contribution in [0.2, 0.25) is 0 Å². The molecule has 0 fully saturated rings. The molecular weight excluding hydrogens is 276 g/mol. The standard InChI is InChI=1S/C13H16F4N2O/c1-8(10-3-5-11(14)6-4-10)19-9(2)12(20)18-7-13(15,16)17/h3-6,8-9,19H,7H2,1-2H3,(H,18,20)/t8-,9?/m1/s1. The molecule has 1 unspecified atom stereocenters. The van der Waals surface area contributed by atoms with Gasteiger partial charge in [-0.15, -0.1) is 0 Å². The Bertz CT molecular complexity index is 445. The Hall–Kier alpha value is -1.63. The fourth-order valence-corrected chi connectivity index (χ4v) is 1.64. The molecule has 0 aliphatic heterocycles. The van der Waals surface area contributed by atoms with Gasteiger partial charge >= 0.3 is 6.18 Å². The average molecular weight is 292 g/mol. The number of alkyl halides is 3. The van der Waals surface area contributed by atoms with E-state index >= 15 is 0 Å². The van der Waals surface area contributed by atoms with Crippen LogP contribution in [0.1, 0.15) is 25.5 Å². The van der Waals surface area contributed by atoms with E-state index in [-0.39, 0.29) is 11.9 Å². The van der Waals surface area contributed by atoms with Crippen LogP contribution in [0.25, 0.3) is 0 Å². The molecule has 2 N–H and O–H groups in total. The van der Waals surface area contributed by atoms with Crippen LogP contribution in [0.4, 0.5) is 17.6 Å². The van der Waals surface area contributed by atoms with E-state index in [1.807, 2.05) is 0 Å². The van der Waals surface area contributed by atoms with Gasteiger partial charge in [-0.05, 0) is 31.5 Å². The third-order valence-corrected chi connectivity index (χ3v) is 2.73. The van der Waals surface area contributed by atoms with Gasteiger partial charge in [0.2, 0.25) is 5.91 Å². The van der Waals surface area contributed by atoms with E-state index < -0.39 is 24.7 Å². The number of benzene rings is 1. The molecule has 0 spiro atoms. The number of hydrogen-bond acceptors (Lipinski definition) is 2. The zero-order valence-electron chi connectivity index (χ0n) is 11.1. The molecule has 1 rings (SSSR count). The lowest BCUT2D eigenvalue weighted by Crippen LogP contribution is -2.45. The van der Waals surface area contributed by atoms with Crippen molar-refractivity contribution in [1.29, 1.82) is 0 Å². The second-order valence-corrected chi connectivity index (χ2v) is 4.49. The van der Waals surface area contributed by atoms with E-state index in [0.717, 1.165) is 5.56 Å². The third kappa shape index (κ3) is 5.56. The summed E-state index contributed by atoms with van der Waals surface area (Å²) in [4.78, 5) is 11.5. The van der Waals surface area contributed by atoms with Gasteiger partial charge in [0.1, 0.15) is 12.4 Å². The molecule has 2 atom stereocenters. The van der Waals surface area contributed by atoms with Crippen molar-refractivity contribution in [3.05, 3.63) is 35.6 Å². The smallest absolute Gasteiger partial charge is 0.346 e. The Labute approximate surface area is 114 Å². The lowest BCUT2D eigenvalue weighted by atomic mass is 10.1. The number of carbonyl (C=O) groups is 1. The van der Waals surface area contributed by atoms with Gasteiger partial charge in [-0.25, -0.2) is 4.39 Å². The number of rotatable bonds is 5. The molecule has 0 saturated carbocycles. The summed E-state index contributed by atoms with van der Waals surface area (Å²) in [5, 5.41) is 4.65. The maximum absolute atomic E-state index is 12.8. The van der Waals surface area contributed by atoms with E-state index in [1.54, 1.807) is 24.4 Å². The predicted octanol–water partition coefficient (Wildman–Crippen LogP) is 2.54. The molecule has 1 aromatic rings. The maximum atomic E-state index is 12.8. The summed E-state index contributed by atoms with van der Waals surface area (Å²) < 4.78 is 48.7. The molecule has 112 valence electrons. The Kier molecular flexibility index (Phi) is 5.50. The first-order chi connectivity index (χ1) is 9.19. The Morgan fingerprint density at radius 1 is 1.20 bits per heavy atom. The zero-order chi connectivity index (χ0) is 15.3. The molecule has 0 radical (unpaired) electrons. The normalized spacial score (nSPS) is 14.7. The Morgan fingerprint density at radius 3 is 2.25 bits per heavy atom. The average Bonchev–Trinajstić information content (AvgIpc) is 2.35. The summed E-state index contributed by atoms with van der Waals surface area (Å²) in [5.74, 6) is -1.12. The summed E-state index contributed by atoms with van der Waals surface area (Å²) >= 11 is 0. The molecule has 0 saturated heterocycles. The molecule has 3 nitrogen and oxygen atoms in total. The topological polar surface area (TPSA) is 41.1 Å². The summed E-state index contributed by atoms with van der Waals surface area (Å²) in [6.07, 6.45) is -4.43. The second kappa shape index (κ2) is 6.69. The van der Waals surface area contributed by atoms with Crippen LogP contribution in [0, 0.1) is 5.82 Å². The van der Waals surface area contributed by atoms with Gasteiger partial charge in [-0.1, -0.05) is 12.1 Å². The summed E-state index contributed by atoms with van der Waals surface area (Å²) in [7, 11) is 0. The van der Waals surface area contributed by atoms with E-state index in [2.05, 4.69) is 5.32 Å². The fourth-order valence-electron chi connectivity index (χ4n) is 1.64. The highest BCUT2D eigenvalue weighted by Crippen LogP contribution is 2.14. The maximum Gasteiger partial charge on any atom is 0.405 e. The van der Waals surface area contributed by atoms with Gasteiger partial charge in [0.15, 0.2) is 0 Å². The SMILES string of the molecule is CC(N[C@H](C)c1ccc(F)cc1)C(=O)NCC(F)(F)F. The van der Waals surface area contributed by atoms with Crippen molar-refractivity contribution in [3.63, 3.8) is 0 Å². The first kappa shape index (κ1) is 16.4. The van der Waals surface area contributed by atoms with Crippen LogP contribution in [0.5, 0.6) is 0 Å². The van der Waals surface area contributed by atoms with Gasteiger partial charge in [0.25, 0.3) is 0 Å². The van der Waals surface area contributed by atoms with Crippen LogP contribution < -0.4 is 10.6 Å². The molecule has 1 aromatic carbocycles. The van der Waals surface area contributed by atoms with Crippen molar-refractivity contribution >= 4 is 5.91 Å². The molecule has 0 heterocycles. The van der Waals surface area contributed by atoms with Crippen LogP contribution >= 0.6 is 0 Å². The molecule has 1 amide bonds. The fraction of sp³-hybridized carbons (Fsp3) is 0.462. The number of carbonyl (C=O) groups excluding carboxylic acids is 1. The lowest BCUT2D eigenvalue weighted by molar-refractivity contribution is -0.139. The van der Waals surface area contributed by atoms with Gasteiger partial charge in [0.05, 0.1) is 6.04 Å². The quantitative estimate of drug-likeness (QED) is 0.819. The minimum Gasteiger partial charge on any atom is -0.346 e. The summed E-state index contributed by atoms with van der Waals surface area (Å²) in [5.41, 5.74) is 0.738. The highest BCUT2D eigenvalue weighted by atomic mass is 19.4. The molecular formula is C13H16F4N2O. The van der Waals surface area contributed by atoms with E-state index in [9.17, 15) is 22.4 Å². The Morgan fingerprint density at radius 2 is 1.75 bits per heavy atom. The van der Waals surface area contributed by atoms with Crippen molar-refractivity contribution in [3.8, 4) is 0 Å². The molecule has 20 heavy (non-hydrogen) atoms. The number of hydrogen-bond donors (Lipinski definition) is 2. The molecule has 7 heteroatoms. The highest BCUT2D eigenvalue weighted by Gasteiger charge is 2.28. The first-order valence-corrected chi connectivity index (χ1v) is 6.05. The van der Waals surface area contributed by atoms with Gasteiger partial charge in [-0.2, -0.15) is 13.2 Å². The lowest BCUT2D eigenvalue weighted by Gasteiger charge is -2.20. The number of halogens is 4. The van der Waals surface area contributed by atoms with Gasteiger partial charge in [0, 0.05) is 6.04 Å². The molecule has 0 aliphatic rings. The summed E-state index contributed by atoms with van der Waals surface area (Å²) in [6.45, 7) is 1.84. The van der Waals surface area contributed by atoms with E-state index in [4.69, 9.17) is 0 Å². The largest absolute Gasteiger partial charge is 0.405 e. The number of nitrogens with one attached hydrogen (secondary N) is 2. The minimum atomic E-state index is -4.43. The van der Waals surface area contributed by atoms with E-state index in [0.29, 0.717) is 0 Å². The third-order valence-electron chi connectivity index (χ3n) is 2.73. The van der Waals surface area contributed by atoms with Crippen LogP contribution in [0.3, 0.4) is 0 Å². The zero-order valence-corrected chi connectivity index (χ0v) is 11.1. The van der Waals surface area contributed by atoms with Crippen molar-refractivity contribution in [2.75, 3.05) is 6.54 Å². The van der Waals surface area contributed by atoms with Crippen molar-refractivity contribution in [2.24, 2.45) is 0 Å². The number of amides is 1. The van der Waals surface area contributed by atoms with Crippen LogP contribution in [-0.2, 0) is 4.79 Å². The second-order valence-electron chi connectivity index (χ2n) is 4.49. The van der Waals surface area contributed by atoms with Crippen molar-refractivity contribution < 1.29 is 22.4 Å². The van der Waals surface area contributed by atoms with E-state index in [1.165, 1.54) is 19.1 Å². The predicted molar refractivity (Wildman–Crippen MR) is 66.5 cm³/mol. The monoisotopic (exact) mass is 292 g/mol. The molecule has 0 aliphatic carbocycles. The van der Waals surface area contributed by atoms with Crippen LogP contribution in [0.15, 0.2) is 24.3 Å². The van der Waals surface area contributed by atoms with Crippen molar-refractivity contribution in [2.45, 2.75) is 32.1 Å². The minimum absolute atomic E-state index is 0.290. The Balaban J connectivity index is 2.50. The summed E-state index contributed by atoms with van der Waals surface area (Å²) in [6, 6.07) is 4.57. The van der Waals surface area contributed by atoms with Crippen molar-refractivity contribution in [1.82, 2.24) is 10.6 Å².